The van der Waals surface area contributed by atoms with Crippen LogP contribution in [0.1, 0.15) is 21.5 Å². The fourth-order valence-corrected chi connectivity index (χ4v) is 3.55. The van der Waals surface area contributed by atoms with Gasteiger partial charge in [0.1, 0.15) is 17.3 Å². The number of anilines is 1. The molecule has 0 saturated carbocycles. The predicted octanol–water partition coefficient (Wildman–Crippen LogP) is 2.86. The number of aromatic nitrogens is 2. The molecule has 0 N–H and O–H groups in total. The highest BCUT2D eigenvalue weighted by Gasteiger charge is 2.23. The fraction of sp³-hybridized carbons (Fsp3) is 0.240. The molecular formula is C25H24N4O3. The van der Waals surface area contributed by atoms with Gasteiger partial charge < -0.3 is 19.3 Å². The van der Waals surface area contributed by atoms with E-state index >= 15 is 0 Å². The molecule has 0 bridgehead atoms. The van der Waals surface area contributed by atoms with Crippen molar-refractivity contribution < 1.29 is 14.3 Å². The maximum Gasteiger partial charge on any atom is 0.254 e. The minimum atomic E-state index is -0.0177. The summed E-state index contributed by atoms with van der Waals surface area (Å²) in [5.74, 6) is 8.45. The maximum absolute atomic E-state index is 13.1. The average Bonchev–Trinajstić information content (AvgIpc) is 2.87. The summed E-state index contributed by atoms with van der Waals surface area (Å²) >= 11 is 0. The molecule has 1 aliphatic heterocycles. The molecule has 0 spiro atoms. The normalized spacial score (nSPS) is 13.2. The largest absolute Gasteiger partial charge is 0.497 e. The Morgan fingerprint density at radius 1 is 0.969 bits per heavy atom. The van der Waals surface area contributed by atoms with Gasteiger partial charge in [-0.15, -0.1) is 0 Å². The lowest BCUT2D eigenvalue weighted by Gasteiger charge is -2.35. The van der Waals surface area contributed by atoms with Gasteiger partial charge >= 0.3 is 0 Å². The first-order chi connectivity index (χ1) is 15.7. The van der Waals surface area contributed by atoms with Gasteiger partial charge in [-0.3, -0.25) is 9.78 Å². The first kappa shape index (κ1) is 21.2. The fourth-order valence-electron chi connectivity index (χ4n) is 3.55. The van der Waals surface area contributed by atoms with Crippen molar-refractivity contribution in [3.63, 3.8) is 0 Å². The monoisotopic (exact) mass is 428 g/mol. The number of amides is 1. The second-order valence-corrected chi connectivity index (χ2v) is 7.24. The lowest BCUT2D eigenvalue weighted by molar-refractivity contribution is 0.0746. The van der Waals surface area contributed by atoms with E-state index in [1.54, 1.807) is 51.0 Å². The Hall–Kier alpha value is -4.05. The highest BCUT2D eigenvalue weighted by atomic mass is 16.5. The van der Waals surface area contributed by atoms with E-state index in [4.69, 9.17) is 9.47 Å². The van der Waals surface area contributed by atoms with Crippen LogP contribution in [0, 0.1) is 11.8 Å². The second kappa shape index (κ2) is 9.84. The van der Waals surface area contributed by atoms with Crippen molar-refractivity contribution in [3.8, 4) is 23.3 Å². The Balaban J connectivity index is 1.50. The zero-order valence-corrected chi connectivity index (χ0v) is 18.1. The van der Waals surface area contributed by atoms with Gasteiger partial charge in [-0.1, -0.05) is 17.9 Å². The number of hydrogen-bond acceptors (Lipinski definition) is 6. The number of carbonyl (C=O) groups excluding carboxylic acids is 1. The van der Waals surface area contributed by atoms with Crippen molar-refractivity contribution >= 4 is 11.7 Å². The number of ether oxygens (including phenoxy) is 2. The molecular weight excluding hydrogens is 404 g/mol. The Morgan fingerprint density at radius 3 is 2.53 bits per heavy atom. The molecule has 32 heavy (non-hydrogen) atoms. The van der Waals surface area contributed by atoms with E-state index < -0.39 is 0 Å². The number of carbonyl (C=O) groups is 1. The lowest BCUT2D eigenvalue weighted by atomic mass is 10.1. The summed E-state index contributed by atoms with van der Waals surface area (Å²) in [7, 11) is 3.22. The number of nitrogens with zero attached hydrogens (tertiary/aromatic N) is 4. The third-order valence-corrected chi connectivity index (χ3v) is 5.30. The van der Waals surface area contributed by atoms with Crippen molar-refractivity contribution in [1.82, 2.24) is 14.9 Å². The third kappa shape index (κ3) is 4.81. The number of methoxy groups -OCH3 is 2. The molecule has 1 aliphatic rings. The van der Waals surface area contributed by atoms with Crippen LogP contribution in [-0.2, 0) is 0 Å². The van der Waals surface area contributed by atoms with Crippen LogP contribution in [0.15, 0.2) is 61.1 Å². The standard InChI is InChI=1S/C25H24N4O3/c1-31-22-5-3-4-19(16-22)6-7-20-17-21(8-9-23(20)32-2)25(30)29-14-12-28(13-15-29)24-18-26-10-11-27-24/h3-5,8-11,16-18H,12-15H2,1-2H3. The van der Waals surface area contributed by atoms with Gasteiger partial charge in [-0.25, -0.2) is 4.98 Å². The van der Waals surface area contributed by atoms with Gasteiger partial charge in [0, 0.05) is 49.7 Å². The highest BCUT2D eigenvalue weighted by Crippen LogP contribution is 2.21. The van der Waals surface area contributed by atoms with E-state index in [1.807, 2.05) is 29.2 Å². The van der Waals surface area contributed by atoms with Crippen molar-refractivity contribution in [2.45, 2.75) is 0 Å². The van der Waals surface area contributed by atoms with E-state index in [0.29, 0.717) is 43.1 Å². The van der Waals surface area contributed by atoms with Crippen LogP contribution in [0.4, 0.5) is 5.82 Å². The summed E-state index contributed by atoms with van der Waals surface area (Å²) < 4.78 is 10.7. The van der Waals surface area contributed by atoms with Crippen LogP contribution in [0.2, 0.25) is 0 Å². The molecule has 0 aliphatic carbocycles. The summed E-state index contributed by atoms with van der Waals surface area (Å²) in [5.41, 5.74) is 2.08. The Morgan fingerprint density at radius 2 is 1.81 bits per heavy atom. The van der Waals surface area contributed by atoms with Crippen molar-refractivity contribution in [1.29, 1.82) is 0 Å². The van der Waals surface area contributed by atoms with Gasteiger partial charge in [0.05, 0.1) is 26.0 Å². The third-order valence-electron chi connectivity index (χ3n) is 5.30. The van der Waals surface area contributed by atoms with Gasteiger partial charge in [0.15, 0.2) is 0 Å². The minimum Gasteiger partial charge on any atom is -0.497 e. The molecule has 7 nitrogen and oxygen atoms in total. The first-order valence-electron chi connectivity index (χ1n) is 10.3. The number of benzene rings is 2. The Labute approximate surface area is 187 Å². The molecule has 1 aromatic heterocycles. The van der Waals surface area contributed by atoms with Crippen molar-refractivity contribution in [2.75, 3.05) is 45.3 Å². The molecule has 0 radical (unpaired) electrons. The van der Waals surface area contributed by atoms with E-state index in [9.17, 15) is 4.79 Å². The van der Waals surface area contributed by atoms with Crippen LogP contribution < -0.4 is 14.4 Å². The van der Waals surface area contributed by atoms with E-state index in [1.165, 1.54) is 0 Å². The van der Waals surface area contributed by atoms with Gasteiger partial charge in [-0.05, 0) is 36.4 Å². The summed E-state index contributed by atoms with van der Waals surface area (Å²) in [6.45, 7) is 2.66. The van der Waals surface area contributed by atoms with Crippen LogP contribution in [0.25, 0.3) is 0 Å². The topological polar surface area (TPSA) is 67.8 Å². The van der Waals surface area contributed by atoms with E-state index in [2.05, 4.69) is 26.7 Å². The van der Waals surface area contributed by atoms with Crippen LogP contribution in [-0.4, -0.2) is 61.2 Å². The smallest absolute Gasteiger partial charge is 0.254 e. The summed E-state index contributed by atoms with van der Waals surface area (Å²) in [6.07, 6.45) is 5.08. The maximum atomic E-state index is 13.1. The molecule has 162 valence electrons. The molecule has 1 amide bonds. The molecule has 4 rings (SSSR count). The zero-order valence-electron chi connectivity index (χ0n) is 18.1. The first-order valence-corrected chi connectivity index (χ1v) is 10.3. The molecule has 0 unspecified atom stereocenters. The summed E-state index contributed by atoms with van der Waals surface area (Å²) in [6, 6.07) is 12.9. The molecule has 0 atom stereocenters. The van der Waals surface area contributed by atoms with Gasteiger partial charge in [0.25, 0.3) is 5.91 Å². The number of piperazine rings is 1. The van der Waals surface area contributed by atoms with Crippen molar-refractivity contribution in [3.05, 3.63) is 77.7 Å². The SMILES string of the molecule is COc1cccc(C#Cc2cc(C(=O)N3CCN(c4cnccn4)CC3)ccc2OC)c1. The van der Waals surface area contributed by atoms with Gasteiger partial charge in [-0.2, -0.15) is 0 Å². The molecule has 2 aromatic carbocycles. The predicted molar refractivity (Wildman–Crippen MR) is 122 cm³/mol. The van der Waals surface area contributed by atoms with E-state index in [-0.39, 0.29) is 5.91 Å². The molecule has 1 fully saturated rings. The summed E-state index contributed by atoms with van der Waals surface area (Å²) in [5, 5.41) is 0. The van der Waals surface area contributed by atoms with E-state index in [0.717, 1.165) is 17.1 Å². The minimum absolute atomic E-state index is 0.0177. The lowest BCUT2D eigenvalue weighted by Crippen LogP contribution is -2.49. The molecule has 1 saturated heterocycles. The number of rotatable bonds is 4. The van der Waals surface area contributed by atoms with Crippen LogP contribution in [0.5, 0.6) is 11.5 Å². The van der Waals surface area contributed by atoms with Crippen LogP contribution >= 0.6 is 0 Å². The van der Waals surface area contributed by atoms with Crippen LogP contribution in [0.3, 0.4) is 0 Å². The highest BCUT2D eigenvalue weighted by molar-refractivity contribution is 5.95. The quantitative estimate of drug-likeness (QED) is 0.596. The molecule has 7 heteroatoms. The summed E-state index contributed by atoms with van der Waals surface area (Å²) in [4.78, 5) is 25.6. The second-order valence-electron chi connectivity index (χ2n) is 7.24. The average molecular weight is 428 g/mol. The molecule has 3 aromatic rings. The Bertz CT molecular complexity index is 1150. The number of hydrogen-bond donors (Lipinski definition) is 0. The van der Waals surface area contributed by atoms with Gasteiger partial charge in [0.2, 0.25) is 0 Å². The van der Waals surface area contributed by atoms with Crippen molar-refractivity contribution in [2.24, 2.45) is 0 Å². The molecule has 2 heterocycles. The Kier molecular flexibility index (Phi) is 6.52. The zero-order chi connectivity index (χ0) is 22.3.